The largest absolute Gasteiger partial charge is 0.468 e. The predicted octanol–water partition coefficient (Wildman–Crippen LogP) is -0.450. The van der Waals surface area contributed by atoms with Gasteiger partial charge in [-0.2, -0.15) is 0 Å². The summed E-state index contributed by atoms with van der Waals surface area (Å²) in [5.74, 6) is 0.783. The highest BCUT2D eigenvalue weighted by atomic mass is 16.5. The quantitative estimate of drug-likeness (QED) is 0.580. The molecule has 1 aromatic rings. The Bertz CT molecular complexity index is 321. The molecule has 2 rings (SSSR count). The highest BCUT2D eigenvalue weighted by molar-refractivity contribution is 5.73. The molecule has 2 heterocycles. The van der Waals surface area contributed by atoms with Crippen molar-refractivity contribution >= 4 is 5.97 Å². The number of carbonyl (C=O) groups is 1. The molecule has 0 amide bonds. The fraction of sp³-hybridized carbons (Fsp3) is 0.500. The van der Waals surface area contributed by atoms with E-state index in [1.165, 1.54) is 7.11 Å². The number of rotatable bonds is 2. The van der Waals surface area contributed by atoms with Crippen LogP contribution in [0.5, 0.6) is 0 Å². The molecule has 0 fully saturated rings. The molecule has 0 unspecified atom stereocenters. The highest BCUT2D eigenvalue weighted by Gasteiger charge is 2.20. The van der Waals surface area contributed by atoms with Gasteiger partial charge in [-0.3, -0.25) is 9.80 Å². The minimum Gasteiger partial charge on any atom is -0.468 e. The summed E-state index contributed by atoms with van der Waals surface area (Å²) in [6.45, 7) is 1.12. The molecule has 0 N–H and O–H groups in total. The zero-order valence-electron chi connectivity index (χ0n) is 7.43. The van der Waals surface area contributed by atoms with Gasteiger partial charge in [-0.1, -0.05) is 0 Å². The van der Waals surface area contributed by atoms with E-state index < -0.39 is 0 Å². The predicted molar refractivity (Wildman–Crippen MR) is 45.9 cm³/mol. The second kappa shape index (κ2) is 3.08. The summed E-state index contributed by atoms with van der Waals surface area (Å²) in [6, 6.07) is 0. The molecular formula is C8H11N3O2. The summed E-state index contributed by atoms with van der Waals surface area (Å²) in [7, 11) is 1.40. The molecule has 5 nitrogen and oxygen atoms in total. The first-order valence-corrected chi connectivity index (χ1v) is 4.15. The minimum absolute atomic E-state index is 0.221. The van der Waals surface area contributed by atoms with Crippen molar-refractivity contribution in [3.8, 4) is 0 Å². The van der Waals surface area contributed by atoms with Crippen molar-refractivity contribution in [2.24, 2.45) is 0 Å². The SMILES string of the molecule is COC(=O)CN1CCc2nccn21. The number of esters is 1. The normalized spacial score (nSPS) is 14.4. The van der Waals surface area contributed by atoms with E-state index in [1.54, 1.807) is 6.20 Å². The van der Waals surface area contributed by atoms with E-state index in [0.717, 1.165) is 18.8 Å². The number of nitrogens with zero attached hydrogens (tertiary/aromatic N) is 3. The number of imidazole rings is 1. The van der Waals surface area contributed by atoms with Gasteiger partial charge >= 0.3 is 5.97 Å². The molecule has 0 aromatic carbocycles. The first-order valence-electron chi connectivity index (χ1n) is 4.15. The van der Waals surface area contributed by atoms with Crippen molar-refractivity contribution < 1.29 is 9.53 Å². The molecule has 0 spiro atoms. The Morgan fingerprint density at radius 3 is 3.38 bits per heavy atom. The van der Waals surface area contributed by atoms with Gasteiger partial charge in [-0.05, 0) is 0 Å². The van der Waals surface area contributed by atoms with E-state index in [0.29, 0.717) is 6.54 Å². The third-order valence-electron chi connectivity index (χ3n) is 2.13. The molecule has 1 aliphatic heterocycles. The van der Waals surface area contributed by atoms with Crippen LogP contribution in [0.4, 0.5) is 0 Å². The molecule has 13 heavy (non-hydrogen) atoms. The number of hydrogen-bond donors (Lipinski definition) is 0. The van der Waals surface area contributed by atoms with Crippen molar-refractivity contribution in [1.29, 1.82) is 0 Å². The Kier molecular flexibility index (Phi) is 1.92. The molecule has 1 aromatic heterocycles. The monoisotopic (exact) mass is 181 g/mol. The lowest BCUT2D eigenvalue weighted by Gasteiger charge is -2.17. The summed E-state index contributed by atoms with van der Waals surface area (Å²) in [5, 5.41) is 1.91. The van der Waals surface area contributed by atoms with Gasteiger partial charge in [0.15, 0.2) is 0 Å². The molecule has 0 radical (unpaired) electrons. The molecule has 0 saturated heterocycles. The van der Waals surface area contributed by atoms with Gasteiger partial charge in [-0.25, -0.2) is 9.66 Å². The summed E-state index contributed by atoms with van der Waals surface area (Å²) >= 11 is 0. The second-order valence-corrected chi connectivity index (χ2v) is 2.90. The molecule has 5 heteroatoms. The molecule has 0 aliphatic carbocycles. The van der Waals surface area contributed by atoms with Crippen LogP contribution >= 0.6 is 0 Å². The van der Waals surface area contributed by atoms with Crippen LogP contribution in [0, 0.1) is 0 Å². The summed E-state index contributed by atoms with van der Waals surface area (Å²) in [4.78, 5) is 15.2. The third-order valence-corrected chi connectivity index (χ3v) is 2.13. The maximum absolute atomic E-state index is 11.0. The average molecular weight is 181 g/mol. The van der Waals surface area contributed by atoms with Crippen LogP contribution in [-0.2, 0) is 16.0 Å². The molecule has 0 bridgehead atoms. The Morgan fingerprint density at radius 1 is 1.77 bits per heavy atom. The number of ether oxygens (including phenoxy) is 1. The summed E-state index contributed by atoms with van der Waals surface area (Å²) in [6.07, 6.45) is 4.48. The van der Waals surface area contributed by atoms with Crippen LogP contribution in [0.1, 0.15) is 5.82 Å². The van der Waals surface area contributed by atoms with E-state index in [4.69, 9.17) is 0 Å². The van der Waals surface area contributed by atoms with Gasteiger partial charge in [0.05, 0.1) is 7.11 Å². The Morgan fingerprint density at radius 2 is 2.62 bits per heavy atom. The third kappa shape index (κ3) is 1.37. The fourth-order valence-electron chi connectivity index (χ4n) is 1.47. The molecule has 0 atom stereocenters. The molecular weight excluding hydrogens is 170 g/mol. The van der Waals surface area contributed by atoms with Crippen molar-refractivity contribution in [2.45, 2.75) is 6.42 Å². The fourth-order valence-corrected chi connectivity index (χ4v) is 1.47. The van der Waals surface area contributed by atoms with Gasteiger partial charge in [0, 0.05) is 25.4 Å². The van der Waals surface area contributed by atoms with Crippen LogP contribution in [0.3, 0.4) is 0 Å². The Hall–Kier alpha value is -1.52. The van der Waals surface area contributed by atoms with E-state index in [1.807, 2.05) is 15.9 Å². The van der Waals surface area contributed by atoms with Gasteiger partial charge in [-0.15, -0.1) is 0 Å². The van der Waals surface area contributed by atoms with Crippen molar-refractivity contribution in [2.75, 3.05) is 25.2 Å². The maximum atomic E-state index is 11.0. The zero-order valence-corrected chi connectivity index (χ0v) is 7.43. The van der Waals surface area contributed by atoms with E-state index in [2.05, 4.69) is 9.72 Å². The Labute approximate surface area is 75.9 Å². The number of fused-ring (bicyclic) bond motifs is 1. The Balaban J connectivity index is 2.08. The standard InChI is InChI=1S/C8H11N3O2/c1-13-8(12)6-10-4-2-7-9-3-5-11(7)10/h3,5H,2,4,6H2,1H3. The van der Waals surface area contributed by atoms with Crippen molar-refractivity contribution in [3.63, 3.8) is 0 Å². The number of aromatic nitrogens is 2. The lowest BCUT2D eigenvalue weighted by Crippen LogP contribution is -2.36. The average Bonchev–Trinajstić information content (AvgIpc) is 2.69. The van der Waals surface area contributed by atoms with Gasteiger partial charge in [0.25, 0.3) is 0 Å². The van der Waals surface area contributed by atoms with Crippen LogP contribution < -0.4 is 5.01 Å². The smallest absolute Gasteiger partial charge is 0.326 e. The topological polar surface area (TPSA) is 47.4 Å². The van der Waals surface area contributed by atoms with E-state index >= 15 is 0 Å². The van der Waals surface area contributed by atoms with Gasteiger partial charge < -0.3 is 4.74 Å². The van der Waals surface area contributed by atoms with E-state index in [9.17, 15) is 4.79 Å². The van der Waals surface area contributed by atoms with Crippen molar-refractivity contribution in [3.05, 3.63) is 18.2 Å². The minimum atomic E-state index is -0.221. The lowest BCUT2D eigenvalue weighted by molar-refractivity contribution is -0.139. The first kappa shape index (κ1) is 8.10. The maximum Gasteiger partial charge on any atom is 0.326 e. The van der Waals surface area contributed by atoms with Gasteiger partial charge in [0.2, 0.25) is 0 Å². The zero-order chi connectivity index (χ0) is 9.26. The van der Waals surface area contributed by atoms with Crippen LogP contribution in [0.25, 0.3) is 0 Å². The van der Waals surface area contributed by atoms with Crippen LogP contribution in [0.2, 0.25) is 0 Å². The van der Waals surface area contributed by atoms with Crippen molar-refractivity contribution in [1.82, 2.24) is 9.66 Å². The molecule has 1 aliphatic rings. The van der Waals surface area contributed by atoms with E-state index in [-0.39, 0.29) is 5.97 Å². The summed E-state index contributed by atoms with van der Waals surface area (Å²) < 4.78 is 6.49. The van der Waals surface area contributed by atoms with Gasteiger partial charge in [0.1, 0.15) is 12.4 Å². The number of hydrogen-bond acceptors (Lipinski definition) is 4. The van der Waals surface area contributed by atoms with Crippen LogP contribution in [-0.4, -0.2) is 35.8 Å². The molecule has 0 saturated carbocycles. The second-order valence-electron chi connectivity index (χ2n) is 2.90. The lowest BCUT2D eigenvalue weighted by atomic mass is 10.4. The number of methoxy groups -OCH3 is 1. The summed E-state index contributed by atoms with van der Waals surface area (Å²) in [5.41, 5.74) is 0. The number of carbonyl (C=O) groups excluding carboxylic acids is 1. The van der Waals surface area contributed by atoms with Crippen LogP contribution in [0.15, 0.2) is 12.4 Å². The first-order chi connectivity index (χ1) is 6.31. The highest BCUT2D eigenvalue weighted by Crippen LogP contribution is 2.08. The molecule has 70 valence electrons.